The minimum atomic E-state index is 0.0971. The summed E-state index contributed by atoms with van der Waals surface area (Å²) < 4.78 is 5.21. The van der Waals surface area contributed by atoms with Gasteiger partial charge in [-0.3, -0.25) is 4.79 Å². The Hall–Kier alpha value is -1.29. The van der Waals surface area contributed by atoms with Gasteiger partial charge in [-0.1, -0.05) is 13.3 Å². The molecular formula is C14H22N2O2. The molecule has 100 valence electrons. The van der Waals surface area contributed by atoms with E-state index in [-0.39, 0.29) is 5.91 Å². The monoisotopic (exact) mass is 250 g/mol. The van der Waals surface area contributed by atoms with Gasteiger partial charge in [0.25, 0.3) is 5.91 Å². The first-order valence-corrected chi connectivity index (χ1v) is 6.67. The molecule has 0 aromatic carbocycles. The van der Waals surface area contributed by atoms with Gasteiger partial charge in [0, 0.05) is 19.1 Å². The van der Waals surface area contributed by atoms with Crippen molar-refractivity contribution in [1.82, 2.24) is 10.2 Å². The summed E-state index contributed by atoms with van der Waals surface area (Å²) in [6.45, 7) is 5.71. The molecule has 1 N–H and O–H groups in total. The number of hydrogen-bond donors (Lipinski definition) is 1. The molecule has 2 atom stereocenters. The van der Waals surface area contributed by atoms with Gasteiger partial charge >= 0.3 is 0 Å². The smallest absolute Gasteiger partial charge is 0.257 e. The van der Waals surface area contributed by atoms with Crippen LogP contribution in [0.15, 0.2) is 16.7 Å². The average molecular weight is 250 g/mol. The summed E-state index contributed by atoms with van der Waals surface area (Å²) >= 11 is 0. The maximum absolute atomic E-state index is 12.3. The second-order valence-electron chi connectivity index (χ2n) is 5.05. The second-order valence-corrected chi connectivity index (χ2v) is 5.05. The zero-order chi connectivity index (χ0) is 13.1. The van der Waals surface area contributed by atoms with Gasteiger partial charge in [0.15, 0.2) is 0 Å². The maximum atomic E-state index is 12.3. The first kappa shape index (κ1) is 13.1. The topological polar surface area (TPSA) is 45.5 Å². The first-order chi connectivity index (χ1) is 8.65. The Morgan fingerprint density at radius 1 is 1.61 bits per heavy atom. The van der Waals surface area contributed by atoms with Crippen LogP contribution in [0.25, 0.3) is 0 Å². The molecule has 1 aliphatic heterocycles. The molecule has 2 heterocycles. The lowest BCUT2D eigenvalue weighted by Crippen LogP contribution is -2.50. The van der Waals surface area contributed by atoms with Crippen LogP contribution in [0.3, 0.4) is 0 Å². The average Bonchev–Trinajstić information content (AvgIpc) is 2.83. The highest BCUT2D eigenvalue weighted by molar-refractivity contribution is 5.94. The minimum absolute atomic E-state index is 0.0971. The van der Waals surface area contributed by atoms with Crippen LogP contribution in [0, 0.1) is 12.8 Å². The molecule has 4 nitrogen and oxygen atoms in total. The van der Waals surface area contributed by atoms with E-state index in [9.17, 15) is 4.79 Å². The summed E-state index contributed by atoms with van der Waals surface area (Å²) in [5.41, 5.74) is 0.672. The SMILES string of the molecule is CCC1CN(C(=O)c2coc(C)c2)CCC1NC. The fourth-order valence-corrected chi connectivity index (χ4v) is 2.75. The second kappa shape index (κ2) is 5.57. The molecule has 18 heavy (non-hydrogen) atoms. The van der Waals surface area contributed by atoms with E-state index in [2.05, 4.69) is 12.2 Å². The summed E-state index contributed by atoms with van der Waals surface area (Å²) in [5, 5.41) is 3.35. The number of likely N-dealkylation sites (tertiary alicyclic amines) is 1. The van der Waals surface area contributed by atoms with Crippen molar-refractivity contribution in [3.8, 4) is 0 Å². The molecule has 2 rings (SSSR count). The fourth-order valence-electron chi connectivity index (χ4n) is 2.75. The zero-order valence-corrected chi connectivity index (χ0v) is 11.4. The first-order valence-electron chi connectivity index (χ1n) is 6.67. The molecule has 4 heteroatoms. The maximum Gasteiger partial charge on any atom is 0.257 e. The van der Waals surface area contributed by atoms with Crippen molar-refractivity contribution in [2.45, 2.75) is 32.7 Å². The molecule has 1 saturated heterocycles. The van der Waals surface area contributed by atoms with Gasteiger partial charge in [-0.2, -0.15) is 0 Å². The van der Waals surface area contributed by atoms with Crippen LogP contribution >= 0.6 is 0 Å². The largest absolute Gasteiger partial charge is 0.469 e. The number of amides is 1. The van der Waals surface area contributed by atoms with E-state index < -0.39 is 0 Å². The van der Waals surface area contributed by atoms with Gasteiger partial charge in [-0.05, 0) is 32.4 Å². The summed E-state index contributed by atoms with van der Waals surface area (Å²) in [6.07, 6.45) is 3.68. The number of piperidine rings is 1. The van der Waals surface area contributed by atoms with E-state index in [1.54, 1.807) is 6.26 Å². The molecule has 0 spiro atoms. The number of hydrogen-bond acceptors (Lipinski definition) is 3. The molecule has 0 saturated carbocycles. The van der Waals surface area contributed by atoms with Crippen LogP contribution in [-0.2, 0) is 0 Å². The fraction of sp³-hybridized carbons (Fsp3) is 0.643. The number of carbonyl (C=O) groups excluding carboxylic acids is 1. The predicted octanol–water partition coefficient (Wildman–Crippen LogP) is 2.05. The van der Waals surface area contributed by atoms with Crippen LogP contribution < -0.4 is 5.32 Å². The van der Waals surface area contributed by atoms with Crippen molar-refractivity contribution in [3.05, 3.63) is 23.7 Å². The lowest BCUT2D eigenvalue weighted by molar-refractivity contribution is 0.0631. The molecule has 1 aromatic rings. The molecule has 2 unspecified atom stereocenters. The quantitative estimate of drug-likeness (QED) is 0.893. The third-order valence-electron chi connectivity index (χ3n) is 3.89. The summed E-state index contributed by atoms with van der Waals surface area (Å²) in [5.74, 6) is 1.43. The van der Waals surface area contributed by atoms with Crippen molar-refractivity contribution >= 4 is 5.91 Å². The van der Waals surface area contributed by atoms with Crippen molar-refractivity contribution in [3.63, 3.8) is 0 Å². The van der Waals surface area contributed by atoms with Gasteiger partial charge in [-0.25, -0.2) is 0 Å². The van der Waals surface area contributed by atoms with E-state index in [0.717, 1.165) is 31.7 Å². The highest BCUT2D eigenvalue weighted by atomic mass is 16.3. The zero-order valence-electron chi connectivity index (χ0n) is 11.4. The van der Waals surface area contributed by atoms with Gasteiger partial charge in [-0.15, -0.1) is 0 Å². The summed E-state index contributed by atoms with van der Waals surface area (Å²) in [7, 11) is 2.00. The third kappa shape index (κ3) is 2.58. The van der Waals surface area contributed by atoms with Gasteiger partial charge < -0.3 is 14.6 Å². The molecule has 1 fully saturated rings. The molecule has 1 aromatic heterocycles. The lowest BCUT2D eigenvalue weighted by atomic mass is 9.90. The third-order valence-corrected chi connectivity index (χ3v) is 3.89. The Bertz CT molecular complexity index is 414. The Kier molecular flexibility index (Phi) is 4.07. The lowest BCUT2D eigenvalue weighted by Gasteiger charge is -2.38. The van der Waals surface area contributed by atoms with Crippen LogP contribution in [0.1, 0.15) is 35.9 Å². The van der Waals surface area contributed by atoms with Crippen molar-refractivity contribution < 1.29 is 9.21 Å². The highest BCUT2D eigenvalue weighted by Crippen LogP contribution is 2.22. The van der Waals surface area contributed by atoms with Crippen LogP contribution in [0.5, 0.6) is 0 Å². The molecule has 0 radical (unpaired) electrons. The summed E-state index contributed by atoms with van der Waals surface area (Å²) in [4.78, 5) is 14.3. The van der Waals surface area contributed by atoms with E-state index in [4.69, 9.17) is 4.42 Å². The number of furan rings is 1. The molecular weight excluding hydrogens is 228 g/mol. The van der Waals surface area contributed by atoms with Crippen LogP contribution in [0.2, 0.25) is 0 Å². The number of aryl methyl sites for hydroxylation is 1. The van der Waals surface area contributed by atoms with Gasteiger partial charge in [0.1, 0.15) is 12.0 Å². The number of rotatable bonds is 3. The number of nitrogens with one attached hydrogen (secondary N) is 1. The van der Waals surface area contributed by atoms with Crippen molar-refractivity contribution in [2.75, 3.05) is 20.1 Å². The van der Waals surface area contributed by atoms with Gasteiger partial charge in [0.05, 0.1) is 5.56 Å². The van der Waals surface area contributed by atoms with E-state index in [0.29, 0.717) is 17.5 Å². The van der Waals surface area contributed by atoms with E-state index >= 15 is 0 Å². The summed E-state index contributed by atoms with van der Waals surface area (Å²) in [6, 6.07) is 2.35. The highest BCUT2D eigenvalue weighted by Gasteiger charge is 2.30. The van der Waals surface area contributed by atoms with Crippen LogP contribution in [-0.4, -0.2) is 37.0 Å². The minimum Gasteiger partial charge on any atom is -0.469 e. The van der Waals surface area contributed by atoms with Crippen molar-refractivity contribution in [1.29, 1.82) is 0 Å². The molecule has 1 aliphatic rings. The van der Waals surface area contributed by atoms with Crippen molar-refractivity contribution in [2.24, 2.45) is 5.92 Å². The Morgan fingerprint density at radius 3 is 2.94 bits per heavy atom. The number of nitrogens with zero attached hydrogens (tertiary/aromatic N) is 1. The Labute approximate surface area is 108 Å². The molecule has 0 aliphatic carbocycles. The van der Waals surface area contributed by atoms with Gasteiger partial charge in [0.2, 0.25) is 0 Å². The standard InChI is InChI=1S/C14H22N2O2/c1-4-11-8-16(6-5-13(11)15-3)14(17)12-7-10(2)18-9-12/h7,9,11,13,15H,4-6,8H2,1-3H3. The van der Waals surface area contributed by atoms with Crippen LogP contribution in [0.4, 0.5) is 0 Å². The van der Waals surface area contributed by atoms with E-state index in [1.165, 1.54) is 0 Å². The Balaban J connectivity index is 2.04. The molecule has 0 bridgehead atoms. The Morgan fingerprint density at radius 2 is 2.39 bits per heavy atom. The predicted molar refractivity (Wildman–Crippen MR) is 70.6 cm³/mol. The number of carbonyl (C=O) groups is 1. The normalized spacial score (nSPS) is 24.3. The van der Waals surface area contributed by atoms with E-state index in [1.807, 2.05) is 24.9 Å². The molecule has 1 amide bonds.